The van der Waals surface area contributed by atoms with Crippen molar-refractivity contribution in [2.75, 3.05) is 13.1 Å². The Kier molecular flexibility index (Phi) is 7.51. The lowest BCUT2D eigenvalue weighted by Gasteiger charge is -2.06. The molecule has 0 unspecified atom stereocenters. The Morgan fingerprint density at radius 3 is 2.40 bits per heavy atom. The van der Waals surface area contributed by atoms with E-state index in [9.17, 15) is 9.59 Å². The molecule has 0 saturated carbocycles. The van der Waals surface area contributed by atoms with E-state index < -0.39 is 18.0 Å². The molecule has 0 saturated heterocycles. The van der Waals surface area contributed by atoms with Crippen LogP contribution in [0.1, 0.15) is 19.3 Å². The van der Waals surface area contributed by atoms with Gasteiger partial charge in [0.15, 0.2) is 0 Å². The number of nitrogens with two attached hydrogens (primary N) is 1. The molecule has 0 rings (SSSR count). The lowest BCUT2D eigenvalue weighted by atomic mass is 10.1. The number of rotatable bonds is 9. The van der Waals surface area contributed by atoms with Gasteiger partial charge in [-0.1, -0.05) is 0 Å². The zero-order valence-corrected chi connectivity index (χ0v) is 8.40. The fourth-order valence-electron chi connectivity index (χ4n) is 0.928. The van der Waals surface area contributed by atoms with Crippen molar-refractivity contribution < 1.29 is 19.8 Å². The van der Waals surface area contributed by atoms with Crippen LogP contribution in [0.5, 0.6) is 0 Å². The van der Waals surface area contributed by atoms with Crippen LogP contribution in [0.15, 0.2) is 0 Å². The summed E-state index contributed by atoms with van der Waals surface area (Å²) in [5, 5.41) is 16.7. The summed E-state index contributed by atoms with van der Waals surface area (Å²) in [4.78, 5) is 20.4. The van der Waals surface area contributed by atoms with Crippen LogP contribution < -0.4 is 16.6 Å². The van der Waals surface area contributed by atoms with Crippen molar-refractivity contribution in [1.29, 1.82) is 0 Å². The van der Waals surface area contributed by atoms with Gasteiger partial charge < -0.3 is 15.9 Å². The molecule has 0 aliphatic rings. The average molecular weight is 219 g/mol. The van der Waals surface area contributed by atoms with Crippen LogP contribution in [-0.4, -0.2) is 41.3 Å². The molecular weight excluding hydrogens is 202 g/mol. The Bertz CT molecular complexity index is 210. The van der Waals surface area contributed by atoms with E-state index >= 15 is 0 Å². The van der Waals surface area contributed by atoms with Gasteiger partial charge in [-0.3, -0.25) is 15.0 Å². The summed E-state index contributed by atoms with van der Waals surface area (Å²) in [5.74, 6) is -1.93. The second-order valence-electron chi connectivity index (χ2n) is 3.11. The van der Waals surface area contributed by atoms with Gasteiger partial charge in [-0.25, -0.2) is 5.43 Å². The molecule has 6 N–H and O–H groups in total. The topological polar surface area (TPSA) is 125 Å². The highest BCUT2D eigenvalue weighted by molar-refractivity contribution is 5.72. The molecule has 0 aromatic rings. The van der Waals surface area contributed by atoms with Crippen molar-refractivity contribution in [2.24, 2.45) is 5.73 Å². The third-order valence-corrected chi connectivity index (χ3v) is 1.75. The van der Waals surface area contributed by atoms with Crippen molar-refractivity contribution >= 4 is 11.9 Å². The number of hydrazine groups is 1. The van der Waals surface area contributed by atoms with Crippen LogP contribution in [0.4, 0.5) is 0 Å². The number of carboxylic acids is 2. The number of carboxylic acid groups (broad SMARTS) is 2. The first-order valence-corrected chi connectivity index (χ1v) is 4.70. The molecule has 0 heterocycles. The first-order chi connectivity index (χ1) is 7.04. The molecule has 0 amide bonds. The number of aliphatic carboxylic acids is 2. The Morgan fingerprint density at radius 1 is 1.20 bits per heavy atom. The third-order valence-electron chi connectivity index (χ3n) is 1.75. The van der Waals surface area contributed by atoms with Crippen LogP contribution in [-0.2, 0) is 9.59 Å². The largest absolute Gasteiger partial charge is 0.480 e. The normalized spacial score (nSPS) is 12.3. The highest BCUT2D eigenvalue weighted by Gasteiger charge is 2.09. The predicted molar refractivity (Wildman–Crippen MR) is 53.1 cm³/mol. The Hall–Kier alpha value is -1.18. The molecule has 0 aliphatic carbocycles. The van der Waals surface area contributed by atoms with E-state index in [4.69, 9.17) is 15.9 Å². The standard InChI is InChI=1S/C8H17N3O4/c9-6(8(14)15)3-1-2-4-10-11-5-7(12)13/h6,10-11H,1-5,9H2,(H,12,13)(H,14,15)/t6-/m0/s1. The SMILES string of the molecule is N[C@@H](CCCCNNCC(=O)O)C(=O)O. The summed E-state index contributed by atoms with van der Waals surface area (Å²) in [6.07, 6.45) is 1.86. The van der Waals surface area contributed by atoms with E-state index in [0.29, 0.717) is 19.4 Å². The maximum Gasteiger partial charge on any atom is 0.320 e. The third kappa shape index (κ3) is 9.13. The zero-order valence-electron chi connectivity index (χ0n) is 8.40. The molecule has 7 nitrogen and oxygen atoms in total. The maximum atomic E-state index is 10.3. The quantitative estimate of drug-likeness (QED) is 0.242. The molecule has 0 aliphatic heterocycles. The van der Waals surface area contributed by atoms with Gasteiger partial charge in [-0.05, 0) is 19.3 Å². The molecule has 1 atom stereocenters. The Morgan fingerprint density at radius 2 is 1.87 bits per heavy atom. The summed E-state index contributed by atoms with van der Waals surface area (Å²) >= 11 is 0. The molecule has 0 aromatic heterocycles. The molecule has 0 bridgehead atoms. The molecule has 15 heavy (non-hydrogen) atoms. The molecule has 0 fully saturated rings. The summed E-state index contributed by atoms with van der Waals surface area (Å²) in [6.45, 7) is 0.439. The fraction of sp³-hybridized carbons (Fsp3) is 0.750. The van der Waals surface area contributed by atoms with E-state index in [1.165, 1.54) is 0 Å². The minimum atomic E-state index is -0.994. The van der Waals surface area contributed by atoms with E-state index in [-0.39, 0.29) is 6.54 Å². The van der Waals surface area contributed by atoms with Gasteiger partial charge in [0.05, 0.1) is 0 Å². The second-order valence-corrected chi connectivity index (χ2v) is 3.11. The Labute approximate surface area is 87.6 Å². The lowest BCUT2D eigenvalue weighted by molar-refractivity contribution is -0.139. The van der Waals surface area contributed by atoms with Crippen LogP contribution in [0, 0.1) is 0 Å². The Balaban J connectivity index is 3.18. The number of carbonyl (C=O) groups is 2. The van der Waals surface area contributed by atoms with Crippen LogP contribution in [0.2, 0.25) is 0 Å². The number of unbranched alkanes of at least 4 members (excludes halogenated alkanes) is 1. The average Bonchev–Trinajstić information content (AvgIpc) is 2.15. The number of hydrogen-bond donors (Lipinski definition) is 5. The van der Waals surface area contributed by atoms with Crippen molar-refractivity contribution in [3.8, 4) is 0 Å². The van der Waals surface area contributed by atoms with Crippen LogP contribution >= 0.6 is 0 Å². The maximum absolute atomic E-state index is 10.3. The summed E-state index contributed by atoms with van der Waals surface area (Å²) in [6, 6.07) is -0.808. The van der Waals surface area contributed by atoms with Crippen LogP contribution in [0.3, 0.4) is 0 Å². The van der Waals surface area contributed by atoms with E-state index in [1.807, 2.05) is 0 Å². The monoisotopic (exact) mass is 219 g/mol. The molecule has 0 aromatic carbocycles. The van der Waals surface area contributed by atoms with Gasteiger partial charge in [-0.15, -0.1) is 0 Å². The van der Waals surface area contributed by atoms with E-state index in [1.54, 1.807) is 0 Å². The lowest BCUT2D eigenvalue weighted by Crippen LogP contribution is -2.36. The highest BCUT2D eigenvalue weighted by atomic mass is 16.4. The summed E-state index contributed by atoms with van der Waals surface area (Å²) in [7, 11) is 0. The van der Waals surface area contributed by atoms with Gasteiger partial charge in [-0.2, -0.15) is 0 Å². The molecule has 7 heteroatoms. The minimum absolute atomic E-state index is 0.144. The molecule has 0 spiro atoms. The highest BCUT2D eigenvalue weighted by Crippen LogP contribution is 1.97. The first kappa shape index (κ1) is 13.8. The number of hydrogen-bond acceptors (Lipinski definition) is 5. The number of nitrogens with one attached hydrogen (secondary N) is 2. The van der Waals surface area contributed by atoms with Crippen LogP contribution in [0.25, 0.3) is 0 Å². The minimum Gasteiger partial charge on any atom is -0.480 e. The summed E-state index contributed by atoms with van der Waals surface area (Å²) in [5.41, 5.74) is 10.5. The van der Waals surface area contributed by atoms with Crippen molar-refractivity contribution in [1.82, 2.24) is 10.9 Å². The second kappa shape index (κ2) is 8.16. The molecule has 0 radical (unpaired) electrons. The zero-order chi connectivity index (χ0) is 11.7. The molecular formula is C8H17N3O4. The van der Waals surface area contributed by atoms with Gasteiger partial charge >= 0.3 is 11.9 Å². The van der Waals surface area contributed by atoms with Crippen molar-refractivity contribution in [3.05, 3.63) is 0 Å². The van der Waals surface area contributed by atoms with Crippen molar-refractivity contribution in [3.63, 3.8) is 0 Å². The fourth-order valence-corrected chi connectivity index (χ4v) is 0.928. The predicted octanol–water partition coefficient (Wildman–Crippen LogP) is -1.25. The van der Waals surface area contributed by atoms with Gasteiger partial charge in [0.25, 0.3) is 0 Å². The first-order valence-electron chi connectivity index (χ1n) is 4.70. The van der Waals surface area contributed by atoms with E-state index in [2.05, 4.69) is 10.9 Å². The summed E-state index contributed by atoms with van der Waals surface area (Å²) < 4.78 is 0. The van der Waals surface area contributed by atoms with E-state index in [0.717, 1.165) is 6.42 Å². The van der Waals surface area contributed by atoms with Gasteiger partial charge in [0.2, 0.25) is 0 Å². The molecule has 88 valence electrons. The van der Waals surface area contributed by atoms with Gasteiger partial charge in [0, 0.05) is 6.54 Å². The smallest absolute Gasteiger partial charge is 0.320 e. The van der Waals surface area contributed by atoms with Crippen molar-refractivity contribution in [2.45, 2.75) is 25.3 Å². The van der Waals surface area contributed by atoms with Gasteiger partial charge in [0.1, 0.15) is 12.6 Å².